The largest absolute Gasteiger partial charge is 0.471 e. The molecule has 0 radical (unpaired) electrons. The average Bonchev–Trinajstić information content (AvgIpc) is 2.33. The van der Waals surface area contributed by atoms with Crippen molar-refractivity contribution in [2.24, 2.45) is 0 Å². The summed E-state index contributed by atoms with van der Waals surface area (Å²) < 4.78 is 30.4. The summed E-state index contributed by atoms with van der Waals surface area (Å²) in [4.78, 5) is 3.98. The Morgan fingerprint density at radius 3 is 2.95 bits per heavy atom. The van der Waals surface area contributed by atoms with Gasteiger partial charge in [-0.15, -0.1) is 0 Å². The molecule has 2 heterocycles. The van der Waals surface area contributed by atoms with Gasteiger partial charge in [0.1, 0.15) is 17.7 Å². The molecule has 0 atom stereocenters. The third kappa shape index (κ3) is 3.03. The van der Waals surface area contributed by atoms with Crippen molar-refractivity contribution >= 4 is 10.0 Å². The lowest BCUT2D eigenvalue weighted by molar-refractivity contribution is 0.0718. The highest BCUT2D eigenvalue weighted by Crippen LogP contribution is 2.21. The van der Waals surface area contributed by atoms with Crippen molar-refractivity contribution in [3.8, 4) is 11.9 Å². The fourth-order valence-electron chi connectivity index (χ4n) is 1.82. The van der Waals surface area contributed by atoms with E-state index in [0.717, 1.165) is 0 Å². The summed E-state index contributed by atoms with van der Waals surface area (Å²) in [6.07, 6.45) is 1.91. The van der Waals surface area contributed by atoms with Gasteiger partial charge in [-0.25, -0.2) is 13.4 Å². The lowest BCUT2D eigenvalue weighted by Gasteiger charge is -2.37. The summed E-state index contributed by atoms with van der Waals surface area (Å²) >= 11 is 0. The third-order valence-corrected chi connectivity index (χ3v) is 4.85. The van der Waals surface area contributed by atoms with Crippen LogP contribution in [-0.2, 0) is 10.0 Å². The van der Waals surface area contributed by atoms with Crippen molar-refractivity contribution in [1.82, 2.24) is 9.29 Å². The maximum absolute atomic E-state index is 11.7. The molecule has 1 aliphatic rings. The zero-order valence-corrected chi connectivity index (χ0v) is 11.4. The number of ether oxygens (including phenoxy) is 1. The van der Waals surface area contributed by atoms with Crippen molar-refractivity contribution in [1.29, 1.82) is 5.26 Å². The topological polar surface area (TPSA) is 83.3 Å². The molecule has 0 spiro atoms. The lowest BCUT2D eigenvalue weighted by atomic mass is 10.2. The second-order valence-corrected chi connectivity index (χ2v) is 6.43. The number of sulfonamides is 1. The summed E-state index contributed by atoms with van der Waals surface area (Å²) in [6, 6.07) is 5.27. The van der Waals surface area contributed by atoms with Crippen LogP contribution in [-0.4, -0.2) is 42.7 Å². The van der Waals surface area contributed by atoms with Crippen LogP contribution in [0.1, 0.15) is 18.9 Å². The van der Waals surface area contributed by atoms with E-state index in [0.29, 0.717) is 25.1 Å². The van der Waals surface area contributed by atoms with Gasteiger partial charge in [0.05, 0.1) is 18.8 Å². The lowest BCUT2D eigenvalue weighted by Crippen LogP contribution is -2.56. The monoisotopic (exact) mass is 281 g/mol. The molecule has 0 N–H and O–H groups in total. The predicted molar refractivity (Wildman–Crippen MR) is 69.0 cm³/mol. The van der Waals surface area contributed by atoms with Crippen LogP contribution in [0.3, 0.4) is 0 Å². The molecule has 0 aliphatic carbocycles. The summed E-state index contributed by atoms with van der Waals surface area (Å²) in [5, 5.41) is 8.90. The fourth-order valence-corrected chi connectivity index (χ4v) is 3.38. The smallest absolute Gasteiger partial charge is 0.232 e. The van der Waals surface area contributed by atoms with Gasteiger partial charge in [-0.2, -0.15) is 9.57 Å². The molecule has 1 fully saturated rings. The summed E-state index contributed by atoms with van der Waals surface area (Å²) in [5.41, 5.74) is 0.359. The predicted octanol–water partition coefficient (Wildman–Crippen LogP) is 0.756. The highest BCUT2D eigenvalue weighted by Gasteiger charge is 2.37. The van der Waals surface area contributed by atoms with Gasteiger partial charge in [-0.05, 0) is 18.6 Å². The molecule has 1 aromatic rings. The molecule has 1 aromatic heterocycles. The van der Waals surface area contributed by atoms with E-state index in [4.69, 9.17) is 10.00 Å². The Kier molecular flexibility index (Phi) is 4.02. The Bertz CT molecular complexity index is 588. The van der Waals surface area contributed by atoms with Crippen molar-refractivity contribution in [2.45, 2.75) is 19.4 Å². The molecule has 0 amide bonds. The average molecular weight is 281 g/mol. The normalized spacial score (nSPS) is 16.6. The highest BCUT2D eigenvalue weighted by atomic mass is 32.2. The van der Waals surface area contributed by atoms with Crippen LogP contribution in [0.15, 0.2) is 18.3 Å². The van der Waals surface area contributed by atoms with Gasteiger partial charge in [0, 0.05) is 6.20 Å². The van der Waals surface area contributed by atoms with Gasteiger partial charge in [-0.1, -0.05) is 6.92 Å². The minimum atomic E-state index is -3.15. The fraction of sp³-hybridized carbons (Fsp3) is 0.500. The van der Waals surface area contributed by atoms with Gasteiger partial charge in [-0.3, -0.25) is 0 Å². The van der Waals surface area contributed by atoms with Crippen LogP contribution in [0.2, 0.25) is 0 Å². The molecule has 2 rings (SSSR count). The van der Waals surface area contributed by atoms with Crippen molar-refractivity contribution in [3.63, 3.8) is 0 Å². The quantitative estimate of drug-likeness (QED) is 0.795. The highest BCUT2D eigenvalue weighted by molar-refractivity contribution is 7.89. The molecule has 0 unspecified atom stereocenters. The minimum absolute atomic E-state index is 0.159. The maximum Gasteiger partial charge on any atom is 0.232 e. The standard InChI is InChI=1S/C12H15N3O3S/c1-2-6-19(16,17)15-8-11(9-15)18-12-10(7-13)4-3-5-14-12/h3-5,11H,2,6,8-9H2,1H3. The molecule has 19 heavy (non-hydrogen) atoms. The second kappa shape index (κ2) is 5.55. The number of aromatic nitrogens is 1. The summed E-state index contributed by atoms with van der Waals surface area (Å²) in [7, 11) is -3.15. The van der Waals surface area contributed by atoms with E-state index in [1.807, 2.05) is 13.0 Å². The van der Waals surface area contributed by atoms with E-state index in [1.54, 1.807) is 18.3 Å². The Balaban J connectivity index is 1.94. The van der Waals surface area contributed by atoms with Gasteiger partial charge in [0.15, 0.2) is 0 Å². The Hall–Kier alpha value is -1.65. The molecule has 1 aliphatic heterocycles. The number of nitrogens with zero attached hydrogens (tertiary/aromatic N) is 3. The number of hydrogen-bond donors (Lipinski definition) is 0. The minimum Gasteiger partial charge on any atom is -0.471 e. The zero-order valence-electron chi connectivity index (χ0n) is 10.6. The van der Waals surface area contributed by atoms with Crippen LogP contribution < -0.4 is 4.74 Å². The molecule has 0 saturated carbocycles. The van der Waals surface area contributed by atoms with E-state index in [9.17, 15) is 8.42 Å². The first-order valence-corrected chi connectivity index (χ1v) is 7.67. The first-order chi connectivity index (χ1) is 9.06. The van der Waals surface area contributed by atoms with Crippen LogP contribution in [0.25, 0.3) is 0 Å². The van der Waals surface area contributed by atoms with E-state index in [-0.39, 0.29) is 17.7 Å². The van der Waals surface area contributed by atoms with Crippen LogP contribution >= 0.6 is 0 Å². The SMILES string of the molecule is CCCS(=O)(=O)N1CC(Oc2ncccc2C#N)C1. The van der Waals surface area contributed by atoms with E-state index < -0.39 is 10.0 Å². The zero-order chi connectivity index (χ0) is 13.9. The molecular formula is C12H15N3O3S. The third-order valence-electron chi connectivity index (χ3n) is 2.84. The molecule has 0 aromatic carbocycles. The summed E-state index contributed by atoms with van der Waals surface area (Å²) in [6.45, 7) is 2.48. The number of hydrogen-bond acceptors (Lipinski definition) is 5. The van der Waals surface area contributed by atoms with E-state index >= 15 is 0 Å². The molecule has 0 bridgehead atoms. The Labute approximate surface area is 112 Å². The first kappa shape index (κ1) is 13.8. The van der Waals surface area contributed by atoms with Crippen LogP contribution in [0, 0.1) is 11.3 Å². The molecular weight excluding hydrogens is 266 g/mol. The van der Waals surface area contributed by atoms with Crippen molar-refractivity contribution < 1.29 is 13.2 Å². The van der Waals surface area contributed by atoms with Gasteiger partial charge in [0.2, 0.25) is 15.9 Å². The number of pyridine rings is 1. The molecule has 102 valence electrons. The molecule has 7 heteroatoms. The Morgan fingerprint density at radius 1 is 1.58 bits per heavy atom. The van der Waals surface area contributed by atoms with E-state index in [2.05, 4.69) is 4.98 Å². The van der Waals surface area contributed by atoms with Crippen molar-refractivity contribution in [2.75, 3.05) is 18.8 Å². The van der Waals surface area contributed by atoms with Crippen LogP contribution in [0.5, 0.6) is 5.88 Å². The Morgan fingerprint density at radius 2 is 2.32 bits per heavy atom. The summed E-state index contributed by atoms with van der Waals surface area (Å²) in [5.74, 6) is 0.426. The van der Waals surface area contributed by atoms with Gasteiger partial charge < -0.3 is 4.74 Å². The maximum atomic E-state index is 11.7. The van der Waals surface area contributed by atoms with Gasteiger partial charge >= 0.3 is 0 Å². The second-order valence-electron chi connectivity index (χ2n) is 4.34. The number of rotatable bonds is 5. The van der Waals surface area contributed by atoms with Crippen molar-refractivity contribution in [3.05, 3.63) is 23.9 Å². The first-order valence-electron chi connectivity index (χ1n) is 6.06. The molecule has 6 nitrogen and oxygen atoms in total. The van der Waals surface area contributed by atoms with Gasteiger partial charge in [0.25, 0.3) is 0 Å². The van der Waals surface area contributed by atoms with Crippen LogP contribution in [0.4, 0.5) is 0 Å². The molecule has 1 saturated heterocycles. The van der Waals surface area contributed by atoms with E-state index in [1.165, 1.54) is 4.31 Å². The number of nitriles is 1.